The van der Waals surface area contributed by atoms with E-state index < -0.39 is 0 Å². The summed E-state index contributed by atoms with van der Waals surface area (Å²) in [6.07, 6.45) is 0. The maximum Gasteiger partial charge on any atom is 0.227 e. The summed E-state index contributed by atoms with van der Waals surface area (Å²) in [7, 11) is 0. The molecule has 0 fully saturated rings. The lowest BCUT2D eigenvalue weighted by Crippen LogP contribution is -1.94. The highest BCUT2D eigenvalue weighted by Crippen LogP contribution is 2.48. The second-order valence-corrected chi connectivity index (χ2v) is 15.4. The van der Waals surface area contributed by atoms with E-state index in [1.807, 2.05) is 0 Å². The molecule has 0 N–H and O–H groups in total. The third-order valence-electron chi connectivity index (χ3n) is 12.1. The first-order valence-corrected chi connectivity index (χ1v) is 20.2. The van der Waals surface area contributed by atoms with Crippen LogP contribution in [0.5, 0.6) is 0 Å². The predicted octanol–water partition coefficient (Wildman–Crippen LogP) is 15.9. The van der Waals surface area contributed by atoms with Gasteiger partial charge < -0.3 is 4.42 Å². The summed E-state index contributed by atoms with van der Waals surface area (Å²) >= 11 is 0. The summed E-state index contributed by atoms with van der Waals surface area (Å²) in [5.41, 5.74) is 14.4. The van der Waals surface area contributed by atoms with Crippen LogP contribution in [0.15, 0.2) is 217 Å². The molecule has 0 radical (unpaired) electrons. The zero-order valence-electron chi connectivity index (χ0n) is 32.1. The van der Waals surface area contributed by atoms with Crippen LogP contribution in [0.4, 0.5) is 0 Å². The number of hydrogen-bond donors (Lipinski definition) is 0. The summed E-state index contributed by atoms with van der Waals surface area (Å²) in [6.45, 7) is 0. The summed E-state index contributed by atoms with van der Waals surface area (Å²) in [5.74, 6) is 0.612. The molecule has 12 aromatic rings. The normalized spacial score (nSPS) is 11.7. The topological polar surface area (TPSA) is 26.0 Å². The van der Waals surface area contributed by atoms with Crippen molar-refractivity contribution < 1.29 is 4.42 Å². The second-order valence-electron chi connectivity index (χ2n) is 15.4. The van der Waals surface area contributed by atoms with E-state index >= 15 is 0 Å². The lowest BCUT2D eigenvalue weighted by molar-refractivity contribution is 0.620. The Kier molecular flexibility index (Phi) is 7.57. The van der Waals surface area contributed by atoms with Gasteiger partial charge in [-0.1, -0.05) is 194 Å². The fourth-order valence-electron chi connectivity index (χ4n) is 9.39. The van der Waals surface area contributed by atoms with E-state index in [1.54, 1.807) is 0 Å². The van der Waals surface area contributed by atoms with Crippen LogP contribution in [-0.4, -0.2) is 4.98 Å². The molecule has 0 saturated carbocycles. The number of nitrogens with zero attached hydrogens (tertiary/aromatic N) is 1. The van der Waals surface area contributed by atoms with Gasteiger partial charge in [-0.25, -0.2) is 4.98 Å². The first-order chi connectivity index (χ1) is 29.3. The third kappa shape index (κ3) is 5.38. The standard InChI is InChI=1S/C57H35NO/c1-3-14-36(15-4-1)42-21-9-11-23-45(42)47-29-26-39-27-30-49-51(46-24-12-10-22-43(46)37-16-5-2-6-17-37)35-52(50-32-31-48(47)55(39)56(49)50)57-58-53-34-40(28-33-54(53)59-57)44-25-13-19-38-18-7-8-20-41(38)44/h1-35H. The van der Waals surface area contributed by atoms with E-state index in [2.05, 4.69) is 212 Å². The average molecular weight is 750 g/mol. The van der Waals surface area contributed by atoms with Crippen LogP contribution in [0, 0.1) is 0 Å². The molecule has 11 aromatic carbocycles. The molecule has 0 unspecified atom stereocenters. The molecule has 0 atom stereocenters. The van der Waals surface area contributed by atoms with E-state index in [4.69, 9.17) is 9.40 Å². The fraction of sp³-hybridized carbons (Fsp3) is 0. The number of rotatable bonds is 6. The Morgan fingerprint density at radius 1 is 0.288 bits per heavy atom. The van der Waals surface area contributed by atoms with Gasteiger partial charge >= 0.3 is 0 Å². The zero-order valence-corrected chi connectivity index (χ0v) is 32.1. The van der Waals surface area contributed by atoms with Crippen molar-refractivity contribution in [2.24, 2.45) is 0 Å². The molecular formula is C57H35NO. The average Bonchev–Trinajstić information content (AvgIpc) is 3.74. The smallest absolute Gasteiger partial charge is 0.227 e. The van der Waals surface area contributed by atoms with Gasteiger partial charge in [-0.15, -0.1) is 0 Å². The molecule has 12 rings (SSSR count). The molecule has 0 aliphatic heterocycles. The first-order valence-electron chi connectivity index (χ1n) is 20.2. The summed E-state index contributed by atoms with van der Waals surface area (Å²) < 4.78 is 6.78. The predicted molar refractivity (Wildman–Crippen MR) is 248 cm³/mol. The molecular weight excluding hydrogens is 715 g/mol. The zero-order chi connectivity index (χ0) is 38.9. The highest BCUT2D eigenvalue weighted by atomic mass is 16.3. The lowest BCUT2D eigenvalue weighted by atomic mass is 9.83. The number of benzene rings is 11. The molecule has 0 spiro atoms. The second kappa shape index (κ2) is 13.4. The maximum absolute atomic E-state index is 6.78. The Labute approximate surface area is 341 Å². The molecule has 0 aliphatic rings. The quantitative estimate of drug-likeness (QED) is 0.158. The van der Waals surface area contributed by atoms with E-state index in [0.717, 1.165) is 33.2 Å². The van der Waals surface area contributed by atoms with Crippen molar-refractivity contribution in [3.8, 4) is 67.1 Å². The lowest BCUT2D eigenvalue weighted by Gasteiger charge is -2.20. The van der Waals surface area contributed by atoms with Gasteiger partial charge in [0.2, 0.25) is 5.89 Å². The van der Waals surface area contributed by atoms with E-state index in [9.17, 15) is 0 Å². The minimum atomic E-state index is 0.612. The van der Waals surface area contributed by atoms with E-state index in [-0.39, 0.29) is 0 Å². The summed E-state index contributed by atoms with van der Waals surface area (Å²) in [4.78, 5) is 5.29. The van der Waals surface area contributed by atoms with Crippen LogP contribution in [-0.2, 0) is 0 Å². The number of aromatic nitrogens is 1. The SMILES string of the molecule is c1ccc(-c2ccccc2-c2ccc3ccc4c(-c5ccccc5-c5ccccc5)cc(-c5nc6cc(-c7cccc8ccccc78)ccc6o5)c5ccc2c3c54)cc1. The Balaban J connectivity index is 1.13. The van der Waals surface area contributed by atoms with Crippen LogP contribution in [0.3, 0.4) is 0 Å². The largest absolute Gasteiger partial charge is 0.436 e. The van der Waals surface area contributed by atoms with Gasteiger partial charge in [0.15, 0.2) is 5.58 Å². The van der Waals surface area contributed by atoms with Crippen molar-refractivity contribution in [2.45, 2.75) is 0 Å². The van der Waals surface area contributed by atoms with Gasteiger partial charge in [0.05, 0.1) is 0 Å². The Morgan fingerprint density at radius 2 is 0.847 bits per heavy atom. The van der Waals surface area contributed by atoms with Gasteiger partial charge in [-0.3, -0.25) is 0 Å². The number of fused-ring (bicyclic) bond motifs is 2. The molecule has 0 bridgehead atoms. The van der Waals surface area contributed by atoms with Crippen LogP contribution >= 0.6 is 0 Å². The monoisotopic (exact) mass is 749 g/mol. The van der Waals surface area contributed by atoms with E-state index in [0.29, 0.717) is 5.89 Å². The minimum absolute atomic E-state index is 0.612. The molecule has 59 heavy (non-hydrogen) atoms. The van der Waals surface area contributed by atoms with Crippen molar-refractivity contribution in [1.82, 2.24) is 4.98 Å². The van der Waals surface area contributed by atoms with Gasteiger partial charge in [0.25, 0.3) is 0 Å². The minimum Gasteiger partial charge on any atom is -0.436 e. The highest BCUT2D eigenvalue weighted by Gasteiger charge is 2.23. The van der Waals surface area contributed by atoms with E-state index in [1.165, 1.54) is 82.2 Å². The molecule has 1 aromatic heterocycles. The Hall–Kier alpha value is -7.81. The fourth-order valence-corrected chi connectivity index (χ4v) is 9.39. The van der Waals surface area contributed by atoms with Crippen LogP contribution in [0.2, 0.25) is 0 Å². The molecule has 1 heterocycles. The molecule has 274 valence electrons. The first kappa shape index (κ1) is 33.3. The molecule has 0 saturated heterocycles. The molecule has 2 nitrogen and oxygen atoms in total. The van der Waals surface area contributed by atoms with Gasteiger partial charge in [-0.2, -0.15) is 0 Å². The number of hydrogen-bond acceptors (Lipinski definition) is 2. The highest BCUT2D eigenvalue weighted by molar-refractivity contribution is 6.30. The van der Waals surface area contributed by atoms with Gasteiger partial charge in [0.1, 0.15) is 5.52 Å². The molecule has 0 amide bonds. The number of oxazole rings is 1. The van der Waals surface area contributed by atoms with Crippen molar-refractivity contribution in [2.75, 3.05) is 0 Å². The third-order valence-corrected chi connectivity index (χ3v) is 12.1. The van der Waals surface area contributed by atoms with Crippen LogP contribution in [0.1, 0.15) is 0 Å². The Bertz CT molecular complexity index is 3540. The molecule has 2 heteroatoms. The van der Waals surface area contributed by atoms with Crippen molar-refractivity contribution in [3.63, 3.8) is 0 Å². The van der Waals surface area contributed by atoms with Crippen molar-refractivity contribution in [3.05, 3.63) is 212 Å². The van der Waals surface area contributed by atoms with Crippen molar-refractivity contribution in [1.29, 1.82) is 0 Å². The van der Waals surface area contributed by atoms with Crippen LogP contribution < -0.4 is 0 Å². The summed E-state index contributed by atoms with van der Waals surface area (Å²) in [6, 6.07) is 76.4. The van der Waals surface area contributed by atoms with Crippen molar-refractivity contribution >= 4 is 54.2 Å². The van der Waals surface area contributed by atoms with Gasteiger partial charge in [0, 0.05) is 5.56 Å². The maximum atomic E-state index is 6.78. The van der Waals surface area contributed by atoms with Crippen LogP contribution in [0.25, 0.3) is 121 Å². The van der Waals surface area contributed by atoms with Gasteiger partial charge in [-0.05, 0) is 117 Å². The molecule has 0 aliphatic carbocycles. The Morgan fingerprint density at radius 3 is 1.59 bits per heavy atom. The summed E-state index contributed by atoms with van der Waals surface area (Å²) in [5, 5.41) is 9.65.